The van der Waals surface area contributed by atoms with Crippen LogP contribution in [0.3, 0.4) is 0 Å². The number of anilines is 1. The molecular weight excluding hydrogens is 288 g/mol. The summed E-state index contributed by atoms with van der Waals surface area (Å²) in [5, 5.41) is 13.8. The maximum Gasteiger partial charge on any atom is 0.335 e. The molecule has 0 spiro atoms. The maximum absolute atomic E-state index is 11.0. The van der Waals surface area contributed by atoms with E-state index in [-0.39, 0.29) is 5.56 Å². The molecule has 0 atom stereocenters. The third-order valence-corrected chi connectivity index (χ3v) is 3.30. The van der Waals surface area contributed by atoms with E-state index in [1.54, 1.807) is 0 Å². The van der Waals surface area contributed by atoms with Crippen molar-refractivity contribution in [2.75, 3.05) is 5.43 Å². The Morgan fingerprint density at radius 1 is 1.19 bits per heavy atom. The molecule has 0 aliphatic rings. The molecule has 0 aromatic heterocycles. The van der Waals surface area contributed by atoms with Gasteiger partial charge in [-0.15, -0.1) is 0 Å². The molecular formula is C16H15ClN2O2. The van der Waals surface area contributed by atoms with Gasteiger partial charge in [-0.25, -0.2) is 4.79 Å². The Hall–Kier alpha value is -2.33. The van der Waals surface area contributed by atoms with Crippen molar-refractivity contribution in [1.29, 1.82) is 0 Å². The molecule has 0 amide bonds. The van der Waals surface area contributed by atoms with Crippen LogP contribution in [0.5, 0.6) is 0 Å². The van der Waals surface area contributed by atoms with Gasteiger partial charge in [-0.1, -0.05) is 48.9 Å². The molecule has 2 aromatic carbocycles. The quantitative estimate of drug-likeness (QED) is 0.640. The first-order valence-corrected chi connectivity index (χ1v) is 6.90. The lowest BCUT2D eigenvalue weighted by Gasteiger charge is -2.08. The smallest absolute Gasteiger partial charge is 0.335 e. The van der Waals surface area contributed by atoms with E-state index >= 15 is 0 Å². The first-order chi connectivity index (χ1) is 10.1. The number of benzene rings is 2. The van der Waals surface area contributed by atoms with Gasteiger partial charge in [0.25, 0.3) is 0 Å². The van der Waals surface area contributed by atoms with E-state index in [1.807, 2.05) is 37.3 Å². The lowest BCUT2D eigenvalue weighted by molar-refractivity contribution is 0.0697. The van der Waals surface area contributed by atoms with Gasteiger partial charge in [-0.3, -0.25) is 5.43 Å². The average Bonchev–Trinajstić information content (AvgIpc) is 2.50. The molecule has 0 fully saturated rings. The van der Waals surface area contributed by atoms with Gasteiger partial charge in [0.15, 0.2) is 0 Å². The number of carbonyl (C=O) groups is 1. The maximum atomic E-state index is 11.0. The summed E-state index contributed by atoms with van der Waals surface area (Å²) in [6, 6.07) is 14.2. The molecule has 0 saturated carbocycles. The summed E-state index contributed by atoms with van der Waals surface area (Å²) in [5.74, 6) is -1.00. The number of nitrogens with one attached hydrogen (secondary N) is 1. The molecule has 2 rings (SSSR count). The summed E-state index contributed by atoms with van der Waals surface area (Å²) in [5.41, 5.74) is 5.36. The minimum Gasteiger partial charge on any atom is -0.478 e. The molecule has 21 heavy (non-hydrogen) atoms. The third kappa shape index (κ3) is 3.83. The molecule has 0 saturated heterocycles. The van der Waals surface area contributed by atoms with E-state index in [4.69, 9.17) is 16.7 Å². The van der Waals surface area contributed by atoms with E-state index < -0.39 is 5.97 Å². The van der Waals surface area contributed by atoms with Gasteiger partial charge in [0.2, 0.25) is 0 Å². The van der Waals surface area contributed by atoms with Crippen molar-refractivity contribution in [2.24, 2.45) is 5.10 Å². The lowest BCUT2D eigenvalue weighted by Crippen LogP contribution is -2.04. The highest BCUT2D eigenvalue weighted by molar-refractivity contribution is 6.33. The fourth-order valence-corrected chi connectivity index (χ4v) is 2.01. The van der Waals surface area contributed by atoms with Gasteiger partial charge < -0.3 is 5.11 Å². The van der Waals surface area contributed by atoms with Gasteiger partial charge in [-0.05, 0) is 30.2 Å². The largest absolute Gasteiger partial charge is 0.478 e. The normalized spacial score (nSPS) is 11.2. The second kappa shape index (κ2) is 6.90. The molecule has 5 heteroatoms. The van der Waals surface area contributed by atoms with Crippen LogP contribution < -0.4 is 5.43 Å². The van der Waals surface area contributed by atoms with Crippen LogP contribution in [0.15, 0.2) is 53.6 Å². The molecule has 0 bridgehead atoms. The Balaban J connectivity index is 2.27. The standard InChI is InChI=1S/C16H15ClN2O2/c1-2-14(11-6-4-3-5-7-11)18-19-15-10-12(16(20)21)8-9-13(15)17/h3-10,19H,2H2,1H3,(H,20,21)/b18-14-. The van der Waals surface area contributed by atoms with Crippen molar-refractivity contribution in [3.63, 3.8) is 0 Å². The summed E-state index contributed by atoms with van der Waals surface area (Å²) in [6.07, 6.45) is 0.743. The Morgan fingerprint density at radius 3 is 2.52 bits per heavy atom. The predicted octanol–water partition coefficient (Wildman–Crippen LogP) is 4.26. The van der Waals surface area contributed by atoms with Crippen LogP contribution in [0.2, 0.25) is 5.02 Å². The van der Waals surface area contributed by atoms with E-state index in [0.29, 0.717) is 10.7 Å². The summed E-state index contributed by atoms with van der Waals surface area (Å²) in [4.78, 5) is 11.0. The topological polar surface area (TPSA) is 61.7 Å². The Labute approximate surface area is 128 Å². The Bertz CT molecular complexity index is 669. The number of carboxylic acid groups (broad SMARTS) is 1. The highest BCUT2D eigenvalue weighted by atomic mass is 35.5. The molecule has 0 unspecified atom stereocenters. The monoisotopic (exact) mass is 302 g/mol. The van der Waals surface area contributed by atoms with Gasteiger partial charge in [-0.2, -0.15) is 5.10 Å². The molecule has 2 N–H and O–H groups in total. The highest BCUT2D eigenvalue weighted by Gasteiger charge is 2.07. The van der Waals surface area contributed by atoms with Crippen molar-refractivity contribution in [3.8, 4) is 0 Å². The number of nitrogens with zero attached hydrogens (tertiary/aromatic N) is 1. The highest BCUT2D eigenvalue weighted by Crippen LogP contribution is 2.23. The third-order valence-electron chi connectivity index (χ3n) is 2.97. The predicted molar refractivity (Wildman–Crippen MR) is 85.3 cm³/mol. The number of hydrogen-bond donors (Lipinski definition) is 2. The average molecular weight is 303 g/mol. The van der Waals surface area contributed by atoms with Crippen molar-refractivity contribution >= 4 is 29.0 Å². The van der Waals surface area contributed by atoms with Crippen LogP contribution in [-0.2, 0) is 0 Å². The van der Waals surface area contributed by atoms with E-state index in [2.05, 4.69) is 10.5 Å². The molecule has 0 aliphatic carbocycles. The number of aromatic carboxylic acids is 1. The Morgan fingerprint density at radius 2 is 1.90 bits per heavy atom. The molecule has 0 heterocycles. The number of carboxylic acids is 1. The van der Waals surface area contributed by atoms with Crippen LogP contribution in [0.25, 0.3) is 0 Å². The first-order valence-electron chi connectivity index (χ1n) is 6.52. The van der Waals surface area contributed by atoms with Crippen molar-refractivity contribution in [2.45, 2.75) is 13.3 Å². The second-order valence-electron chi connectivity index (χ2n) is 4.39. The SMILES string of the molecule is CC/C(=N/Nc1cc(C(=O)O)ccc1Cl)c1ccccc1. The zero-order chi connectivity index (χ0) is 15.2. The molecule has 0 radical (unpaired) electrons. The van der Waals surface area contributed by atoms with Crippen LogP contribution in [0.1, 0.15) is 29.3 Å². The fraction of sp³-hybridized carbons (Fsp3) is 0.125. The van der Waals surface area contributed by atoms with E-state index in [0.717, 1.165) is 17.7 Å². The first kappa shape index (κ1) is 15.1. The molecule has 108 valence electrons. The minimum atomic E-state index is -1.00. The van der Waals surface area contributed by atoms with Crippen LogP contribution in [0.4, 0.5) is 5.69 Å². The summed E-state index contributed by atoms with van der Waals surface area (Å²) < 4.78 is 0. The van der Waals surface area contributed by atoms with Crippen LogP contribution in [0, 0.1) is 0 Å². The number of hydrazone groups is 1. The molecule has 0 aliphatic heterocycles. The van der Waals surface area contributed by atoms with E-state index in [1.165, 1.54) is 18.2 Å². The van der Waals surface area contributed by atoms with E-state index in [9.17, 15) is 4.79 Å². The number of halogens is 1. The van der Waals surface area contributed by atoms with Crippen LogP contribution in [-0.4, -0.2) is 16.8 Å². The summed E-state index contributed by atoms with van der Waals surface area (Å²) in [7, 11) is 0. The number of rotatable bonds is 5. The number of hydrogen-bond acceptors (Lipinski definition) is 3. The van der Waals surface area contributed by atoms with Crippen molar-refractivity contribution in [3.05, 3.63) is 64.7 Å². The minimum absolute atomic E-state index is 0.162. The van der Waals surface area contributed by atoms with Crippen molar-refractivity contribution < 1.29 is 9.90 Å². The van der Waals surface area contributed by atoms with Gasteiger partial charge in [0.05, 0.1) is 22.0 Å². The van der Waals surface area contributed by atoms with Crippen molar-refractivity contribution in [1.82, 2.24) is 0 Å². The fourth-order valence-electron chi connectivity index (χ4n) is 1.85. The van der Waals surface area contributed by atoms with Crippen LogP contribution >= 0.6 is 11.6 Å². The second-order valence-corrected chi connectivity index (χ2v) is 4.80. The molecule has 4 nitrogen and oxygen atoms in total. The van der Waals surface area contributed by atoms with Gasteiger partial charge >= 0.3 is 5.97 Å². The summed E-state index contributed by atoms with van der Waals surface area (Å²) in [6.45, 7) is 2.00. The zero-order valence-electron chi connectivity index (χ0n) is 11.5. The summed E-state index contributed by atoms with van der Waals surface area (Å²) >= 11 is 6.05. The van der Waals surface area contributed by atoms with Gasteiger partial charge in [0.1, 0.15) is 0 Å². The Kier molecular flexibility index (Phi) is 4.95. The molecule has 2 aromatic rings. The zero-order valence-corrected chi connectivity index (χ0v) is 12.3. The lowest BCUT2D eigenvalue weighted by atomic mass is 10.1. The van der Waals surface area contributed by atoms with Gasteiger partial charge in [0, 0.05) is 0 Å².